The van der Waals surface area contributed by atoms with Crippen molar-refractivity contribution in [3.8, 4) is 0 Å². The molecule has 28 heavy (non-hydrogen) atoms. The molecule has 3 rings (SSSR count). The van der Waals surface area contributed by atoms with Gasteiger partial charge in [-0.2, -0.15) is 0 Å². The van der Waals surface area contributed by atoms with Crippen LogP contribution in [0.3, 0.4) is 0 Å². The molecule has 1 aliphatic rings. The van der Waals surface area contributed by atoms with Gasteiger partial charge in [0.15, 0.2) is 0 Å². The normalized spacial score (nSPS) is 19.0. The minimum Gasteiger partial charge on any atom is -0.352 e. The van der Waals surface area contributed by atoms with Crippen LogP contribution in [0.25, 0.3) is 0 Å². The number of pyridine rings is 1. The number of carbonyl (C=O) groups excluding carboxylic acids is 2. The van der Waals surface area contributed by atoms with E-state index >= 15 is 0 Å². The first-order valence-electron chi connectivity index (χ1n) is 10.1. The van der Waals surface area contributed by atoms with E-state index in [1.54, 1.807) is 12.4 Å². The summed E-state index contributed by atoms with van der Waals surface area (Å²) in [5.74, 6) is 0.383. The minimum absolute atomic E-state index is 0.0230. The average Bonchev–Trinajstić information content (AvgIpc) is 2.77. The molecule has 2 amide bonds. The van der Waals surface area contributed by atoms with Gasteiger partial charge >= 0.3 is 0 Å². The van der Waals surface area contributed by atoms with Crippen LogP contribution in [0.2, 0.25) is 0 Å². The molecule has 0 radical (unpaired) electrons. The van der Waals surface area contributed by atoms with Crippen molar-refractivity contribution in [2.24, 2.45) is 11.8 Å². The number of rotatable bonds is 7. The third-order valence-electron chi connectivity index (χ3n) is 5.62. The summed E-state index contributed by atoms with van der Waals surface area (Å²) in [6, 6.07) is 13.9. The van der Waals surface area contributed by atoms with Crippen molar-refractivity contribution < 1.29 is 9.59 Å². The van der Waals surface area contributed by atoms with Gasteiger partial charge in [0.05, 0.1) is 0 Å². The SMILES string of the molecule is CN(CCc1ccncc1)C(=O)C1CCC(C(=O)NCc2ccccc2)CC1. The molecule has 0 spiro atoms. The highest BCUT2D eigenvalue weighted by Crippen LogP contribution is 2.30. The average molecular weight is 380 g/mol. The quantitative estimate of drug-likeness (QED) is 0.804. The van der Waals surface area contributed by atoms with Gasteiger partial charge in [0.25, 0.3) is 0 Å². The zero-order valence-electron chi connectivity index (χ0n) is 16.5. The third-order valence-corrected chi connectivity index (χ3v) is 5.62. The van der Waals surface area contributed by atoms with Gasteiger partial charge in [-0.05, 0) is 55.4 Å². The van der Waals surface area contributed by atoms with Crippen LogP contribution in [-0.4, -0.2) is 35.3 Å². The predicted octanol–water partition coefficient (Wildman–Crippen LogP) is 3.21. The Hall–Kier alpha value is -2.69. The Balaban J connectivity index is 1.40. The Morgan fingerprint density at radius 3 is 2.29 bits per heavy atom. The van der Waals surface area contributed by atoms with Crippen LogP contribution in [0.1, 0.15) is 36.8 Å². The number of aromatic nitrogens is 1. The second-order valence-electron chi connectivity index (χ2n) is 7.62. The van der Waals surface area contributed by atoms with Crippen molar-refractivity contribution in [1.82, 2.24) is 15.2 Å². The van der Waals surface area contributed by atoms with E-state index in [2.05, 4.69) is 10.3 Å². The van der Waals surface area contributed by atoms with Crippen LogP contribution in [-0.2, 0) is 22.6 Å². The summed E-state index contributed by atoms with van der Waals surface area (Å²) in [6.07, 6.45) is 7.55. The van der Waals surface area contributed by atoms with Crippen molar-refractivity contribution in [3.63, 3.8) is 0 Å². The maximum absolute atomic E-state index is 12.7. The predicted molar refractivity (Wildman–Crippen MR) is 109 cm³/mol. The summed E-state index contributed by atoms with van der Waals surface area (Å²) in [4.78, 5) is 31.0. The van der Waals surface area contributed by atoms with E-state index in [-0.39, 0.29) is 23.7 Å². The number of carbonyl (C=O) groups is 2. The van der Waals surface area contributed by atoms with Crippen LogP contribution < -0.4 is 5.32 Å². The van der Waals surface area contributed by atoms with Crippen LogP contribution >= 0.6 is 0 Å². The van der Waals surface area contributed by atoms with Crippen molar-refractivity contribution >= 4 is 11.8 Å². The lowest BCUT2D eigenvalue weighted by molar-refractivity contribution is -0.137. The van der Waals surface area contributed by atoms with E-state index in [9.17, 15) is 9.59 Å². The molecule has 1 aromatic heterocycles. The summed E-state index contributed by atoms with van der Waals surface area (Å²) in [7, 11) is 1.88. The van der Waals surface area contributed by atoms with Crippen molar-refractivity contribution in [3.05, 3.63) is 66.0 Å². The highest BCUT2D eigenvalue weighted by molar-refractivity contribution is 5.81. The molecule has 0 aliphatic heterocycles. The number of amides is 2. The summed E-state index contributed by atoms with van der Waals surface area (Å²) in [5, 5.41) is 3.03. The Labute approximate surface area is 167 Å². The molecule has 0 bridgehead atoms. The Kier molecular flexibility index (Phi) is 7.18. The van der Waals surface area contributed by atoms with E-state index < -0.39 is 0 Å². The lowest BCUT2D eigenvalue weighted by atomic mass is 9.81. The van der Waals surface area contributed by atoms with E-state index in [1.807, 2.05) is 54.4 Å². The summed E-state index contributed by atoms with van der Waals surface area (Å²) >= 11 is 0. The summed E-state index contributed by atoms with van der Waals surface area (Å²) < 4.78 is 0. The molecular formula is C23H29N3O2. The van der Waals surface area contributed by atoms with Crippen LogP contribution in [0.5, 0.6) is 0 Å². The molecule has 0 atom stereocenters. The van der Waals surface area contributed by atoms with Gasteiger partial charge in [-0.3, -0.25) is 14.6 Å². The highest BCUT2D eigenvalue weighted by atomic mass is 16.2. The summed E-state index contributed by atoms with van der Waals surface area (Å²) in [6.45, 7) is 1.27. The van der Waals surface area contributed by atoms with Crippen LogP contribution in [0, 0.1) is 11.8 Å². The van der Waals surface area contributed by atoms with E-state index in [0.29, 0.717) is 13.1 Å². The van der Waals surface area contributed by atoms with Gasteiger partial charge in [0.2, 0.25) is 11.8 Å². The topological polar surface area (TPSA) is 62.3 Å². The zero-order chi connectivity index (χ0) is 19.8. The van der Waals surface area contributed by atoms with E-state index in [0.717, 1.165) is 37.7 Å². The highest BCUT2D eigenvalue weighted by Gasteiger charge is 2.31. The minimum atomic E-state index is 0.0230. The fourth-order valence-corrected chi connectivity index (χ4v) is 3.80. The standard InChI is InChI=1S/C23H29N3O2/c1-26(16-13-18-11-14-24-15-12-18)23(28)21-9-7-20(8-10-21)22(27)25-17-19-5-3-2-4-6-19/h2-6,11-12,14-15,20-21H,7-10,13,16-17H2,1H3,(H,25,27). The van der Waals surface area contributed by atoms with Gasteiger partial charge in [-0.1, -0.05) is 30.3 Å². The first kappa shape index (κ1) is 20.1. The monoisotopic (exact) mass is 379 g/mol. The van der Waals surface area contributed by atoms with E-state index in [1.165, 1.54) is 5.56 Å². The number of nitrogens with one attached hydrogen (secondary N) is 1. The maximum Gasteiger partial charge on any atom is 0.225 e. The Morgan fingerprint density at radius 2 is 1.61 bits per heavy atom. The van der Waals surface area contributed by atoms with Crippen LogP contribution in [0.4, 0.5) is 0 Å². The third kappa shape index (κ3) is 5.65. The molecule has 2 aromatic rings. The molecule has 1 heterocycles. The number of nitrogens with zero attached hydrogens (tertiary/aromatic N) is 2. The molecule has 0 unspecified atom stereocenters. The Bertz CT molecular complexity index is 756. The summed E-state index contributed by atoms with van der Waals surface area (Å²) in [5.41, 5.74) is 2.30. The molecule has 1 aromatic carbocycles. The van der Waals surface area contributed by atoms with Crippen molar-refractivity contribution in [2.75, 3.05) is 13.6 Å². The molecule has 148 valence electrons. The van der Waals surface area contributed by atoms with Crippen molar-refractivity contribution in [2.45, 2.75) is 38.6 Å². The largest absolute Gasteiger partial charge is 0.352 e. The fourth-order valence-electron chi connectivity index (χ4n) is 3.80. The fraction of sp³-hybridized carbons (Fsp3) is 0.435. The molecule has 0 saturated heterocycles. The smallest absolute Gasteiger partial charge is 0.225 e. The molecule has 1 aliphatic carbocycles. The second kappa shape index (κ2) is 10.0. The van der Waals surface area contributed by atoms with Gasteiger partial charge in [0, 0.05) is 44.4 Å². The Morgan fingerprint density at radius 1 is 0.964 bits per heavy atom. The maximum atomic E-state index is 12.7. The molecule has 1 N–H and O–H groups in total. The molecule has 1 fully saturated rings. The van der Waals surface area contributed by atoms with Gasteiger partial charge in [-0.15, -0.1) is 0 Å². The number of benzene rings is 1. The lowest BCUT2D eigenvalue weighted by Crippen LogP contribution is -2.38. The molecule has 5 nitrogen and oxygen atoms in total. The lowest BCUT2D eigenvalue weighted by Gasteiger charge is -2.30. The molecular weight excluding hydrogens is 350 g/mol. The number of likely N-dealkylation sites (N-methyl/N-ethyl adjacent to an activating group) is 1. The van der Waals surface area contributed by atoms with Gasteiger partial charge in [0.1, 0.15) is 0 Å². The van der Waals surface area contributed by atoms with Crippen molar-refractivity contribution in [1.29, 1.82) is 0 Å². The van der Waals surface area contributed by atoms with Gasteiger partial charge < -0.3 is 10.2 Å². The second-order valence-corrected chi connectivity index (χ2v) is 7.62. The molecule has 5 heteroatoms. The van der Waals surface area contributed by atoms with Gasteiger partial charge in [-0.25, -0.2) is 0 Å². The molecule has 1 saturated carbocycles. The first-order valence-corrected chi connectivity index (χ1v) is 10.1. The number of hydrogen-bond donors (Lipinski definition) is 1. The first-order chi connectivity index (χ1) is 13.6. The number of hydrogen-bond acceptors (Lipinski definition) is 3. The van der Waals surface area contributed by atoms with Crippen LogP contribution in [0.15, 0.2) is 54.9 Å². The zero-order valence-corrected chi connectivity index (χ0v) is 16.5. The van der Waals surface area contributed by atoms with E-state index in [4.69, 9.17) is 0 Å².